The predicted octanol–water partition coefficient (Wildman–Crippen LogP) is 13.3. The molecule has 1 aromatic rings. The van der Waals surface area contributed by atoms with Crippen LogP contribution in [0, 0.1) is 30.6 Å². The van der Waals surface area contributed by atoms with Crippen molar-refractivity contribution in [1.82, 2.24) is 0 Å². The van der Waals surface area contributed by atoms with Gasteiger partial charge in [-0.15, -0.1) is 0 Å². The van der Waals surface area contributed by atoms with E-state index in [1.165, 1.54) is 23.6 Å². The number of carbonyl (C=O) groups is 1. The molecule has 0 heterocycles. The molecule has 0 bridgehead atoms. The van der Waals surface area contributed by atoms with E-state index in [0.29, 0.717) is 22.6 Å². The zero-order chi connectivity index (χ0) is 35.3. The lowest BCUT2D eigenvalue weighted by Gasteiger charge is -2.12. The Balaban J connectivity index is -0.0000000807. The first kappa shape index (κ1) is 55.3. The maximum Gasteiger partial charge on any atom is 0.185 e. The minimum Gasteiger partial charge on any atom is -0.478 e. The molecule has 0 saturated heterocycles. The Morgan fingerprint density at radius 3 is 1.67 bits per heavy atom. The number of aldehydes is 1. The van der Waals surface area contributed by atoms with Gasteiger partial charge in [0.2, 0.25) is 0 Å². The standard InChI is InChI=1S/C13H20N2O.C9H10O.C6H14.5C2H6/c1-6-8-10(3)16-12(5)15-11(4)13(7-2)9-14;1-7-3-4-9(6-10)5-8(7)2;1-5-6(2,3)4;5*1-2/h7,10H,2,6,8H2,1,3-5H3;3-6H,1-2H3;5H2,1-4H3;5*1-2H3/b13-11+,15-12?;;;;;;;. The van der Waals surface area contributed by atoms with Crippen LogP contribution in [0.5, 0.6) is 0 Å². The number of aliphatic imine (C=N–C) groups is 1. The van der Waals surface area contributed by atoms with Gasteiger partial charge in [0.15, 0.2) is 5.90 Å². The first-order chi connectivity index (χ1) is 19.8. The fourth-order valence-corrected chi connectivity index (χ4v) is 2.19. The Morgan fingerprint density at radius 1 is 0.952 bits per heavy atom. The van der Waals surface area contributed by atoms with Crippen molar-refractivity contribution in [3.8, 4) is 6.07 Å². The number of ether oxygens (including phenoxy) is 1. The molecule has 0 saturated carbocycles. The van der Waals surface area contributed by atoms with Crippen molar-refractivity contribution in [3.63, 3.8) is 0 Å². The molecule has 4 nitrogen and oxygen atoms in total. The number of hydrogen-bond acceptors (Lipinski definition) is 4. The van der Waals surface area contributed by atoms with Crippen LogP contribution in [-0.4, -0.2) is 18.3 Å². The normalized spacial score (nSPS) is 10.3. The Bertz CT molecular complexity index is 807. The number of nitriles is 1. The second kappa shape index (κ2) is 42.8. The number of allylic oxidation sites excluding steroid dienone is 3. The van der Waals surface area contributed by atoms with Crippen LogP contribution in [0.4, 0.5) is 0 Å². The zero-order valence-electron chi connectivity index (χ0n) is 32.0. The summed E-state index contributed by atoms with van der Waals surface area (Å²) in [5, 5.41) is 8.79. The fourth-order valence-electron chi connectivity index (χ4n) is 2.19. The predicted molar refractivity (Wildman–Crippen MR) is 195 cm³/mol. The molecule has 1 aromatic carbocycles. The number of carbonyl (C=O) groups excluding carboxylic acids is 1. The summed E-state index contributed by atoms with van der Waals surface area (Å²) in [6, 6.07) is 7.71. The van der Waals surface area contributed by atoms with Crippen LogP contribution in [0.2, 0.25) is 0 Å². The van der Waals surface area contributed by atoms with Gasteiger partial charge in [-0.05, 0) is 62.8 Å². The van der Waals surface area contributed by atoms with Crippen LogP contribution in [0.25, 0.3) is 0 Å². The quantitative estimate of drug-likeness (QED) is 0.109. The van der Waals surface area contributed by atoms with Gasteiger partial charge in [0.1, 0.15) is 12.4 Å². The highest BCUT2D eigenvalue weighted by Gasteiger charge is 2.04. The van der Waals surface area contributed by atoms with Gasteiger partial charge in [-0.3, -0.25) is 4.79 Å². The molecule has 1 unspecified atom stereocenters. The molecule has 42 heavy (non-hydrogen) atoms. The van der Waals surface area contributed by atoms with Gasteiger partial charge < -0.3 is 4.74 Å². The van der Waals surface area contributed by atoms with Gasteiger partial charge in [0.05, 0.1) is 17.4 Å². The van der Waals surface area contributed by atoms with E-state index in [1.54, 1.807) is 13.8 Å². The van der Waals surface area contributed by atoms with Crippen molar-refractivity contribution in [1.29, 1.82) is 5.26 Å². The van der Waals surface area contributed by atoms with E-state index < -0.39 is 0 Å². The minimum atomic E-state index is 0.163. The first-order valence-corrected chi connectivity index (χ1v) is 16.3. The van der Waals surface area contributed by atoms with Gasteiger partial charge in [-0.25, -0.2) is 4.99 Å². The Morgan fingerprint density at radius 2 is 1.38 bits per heavy atom. The van der Waals surface area contributed by atoms with Crippen LogP contribution >= 0.6 is 0 Å². The summed E-state index contributed by atoms with van der Waals surface area (Å²) in [5.41, 5.74) is 4.81. The summed E-state index contributed by atoms with van der Waals surface area (Å²) in [4.78, 5) is 14.5. The Hall–Kier alpha value is -2.67. The summed E-state index contributed by atoms with van der Waals surface area (Å²) >= 11 is 0. The van der Waals surface area contributed by atoms with Crippen molar-refractivity contribution < 1.29 is 9.53 Å². The second-order valence-electron chi connectivity index (χ2n) is 9.04. The molecular formula is C38H74N2O2. The maximum atomic E-state index is 10.3. The van der Waals surface area contributed by atoms with E-state index >= 15 is 0 Å². The van der Waals surface area contributed by atoms with E-state index in [0.717, 1.165) is 24.7 Å². The average Bonchev–Trinajstić information content (AvgIpc) is 3.00. The fraction of sp³-hybridized carbons (Fsp3) is 0.658. The third-order valence-corrected chi connectivity index (χ3v) is 4.83. The average molecular weight is 591 g/mol. The molecule has 0 fully saturated rings. The zero-order valence-corrected chi connectivity index (χ0v) is 32.0. The molecule has 4 heteroatoms. The van der Waals surface area contributed by atoms with E-state index in [-0.39, 0.29) is 6.10 Å². The third kappa shape index (κ3) is 41.8. The van der Waals surface area contributed by atoms with Crippen molar-refractivity contribution in [2.75, 3.05) is 0 Å². The van der Waals surface area contributed by atoms with Crippen molar-refractivity contribution in [2.24, 2.45) is 10.4 Å². The number of hydrogen-bond donors (Lipinski definition) is 0. The van der Waals surface area contributed by atoms with Crippen LogP contribution in [0.3, 0.4) is 0 Å². The Labute approximate surface area is 265 Å². The molecular weight excluding hydrogens is 516 g/mol. The van der Waals surface area contributed by atoms with Crippen LogP contribution in [0.15, 0.2) is 47.1 Å². The molecule has 1 atom stereocenters. The van der Waals surface area contributed by atoms with E-state index in [9.17, 15) is 4.79 Å². The molecule has 0 radical (unpaired) electrons. The van der Waals surface area contributed by atoms with Crippen LogP contribution < -0.4 is 0 Å². The number of aryl methyl sites for hydroxylation is 2. The third-order valence-electron chi connectivity index (χ3n) is 4.83. The number of benzene rings is 1. The topological polar surface area (TPSA) is 62.4 Å². The molecule has 0 aliphatic heterocycles. The van der Waals surface area contributed by atoms with Gasteiger partial charge in [0.25, 0.3) is 0 Å². The summed E-state index contributed by atoms with van der Waals surface area (Å²) < 4.78 is 5.57. The smallest absolute Gasteiger partial charge is 0.185 e. The van der Waals surface area contributed by atoms with Gasteiger partial charge in [-0.1, -0.05) is 135 Å². The van der Waals surface area contributed by atoms with Gasteiger partial charge in [0, 0.05) is 12.5 Å². The molecule has 0 spiro atoms. The number of rotatable bonds is 6. The summed E-state index contributed by atoms with van der Waals surface area (Å²) in [6.45, 7) is 44.2. The van der Waals surface area contributed by atoms with Gasteiger partial charge >= 0.3 is 0 Å². The molecule has 0 aliphatic rings. The molecule has 0 aromatic heterocycles. The second-order valence-corrected chi connectivity index (χ2v) is 9.04. The largest absolute Gasteiger partial charge is 0.478 e. The summed E-state index contributed by atoms with van der Waals surface area (Å²) in [7, 11) is 0. The Kier molecular flexibility index (Phi) is 56.3. The monoisotopic (exact) mass is 591 g/mol. The number of nitrogens with zero attached hydrogens (tertiary/aromatic N) is 2. The van der Waals surface area contributed by atoms with Gasteiger partial charge in [-0.2, -0.15) is 5.26 Å². The lowest BCUT2D eigenvalue weighted by atomic mass is 9.94. The summed E-state index contributed by atoms with van der Waals surface area (Å²) in [6.07, 6.45) is 5.89. The molecule has 0 aliphatic carbocycles. The highest BCUT2D eigenvalue weighted by atomic mass is 16.5. The van der Waals surface area contributed by atoms with Crippen LogP contribution in [-0.2, 0) is 4.74 Å². The first-order valence-electron chi connectivity index (χ1n) is 16.3. The minimum absolute atomic E-state index is 0.163. The van der Waals surface area contributed by atoms with Crippen LogP contribution in [0.1, 0.15) is 165 Å². The van der Waals surface area contributed by atoms with E-state index in [4.69, 9.17) is 10.00 Å². The molecule has 0 N–H and O–H groups in total. The van der Waals surface area contributed by atoms with Crippen molar-refractivity contribution in [2.45, 2.75) is 164 Å². The molecule has 1 rings (SSSR count). The highest BCUT2D eigenvalue weighted by Crippen LogP contribution is 2.16. The van der Waals surface area contributed by atoms with Crippen molar-refractivity contribution >= 4 is 12.2 Å². The summed E-state index contributed by atoms with van der Waals surface area (Å²) in [5.74, 6) is 0.591. The SMILES string of the molecule is C=C/C(C#N)=C(/C)N=C(C)OC(C)CCC.CC.CC.CC.CC.CC.CCC(C)(C)C.Cc1ccc(C=O)cc1C. The van der Waals surface area contributed by atoms with E-state index in [2.05, 4.69) is 46.2 Å². The molecule has 248 valence electrons. The lowest BCUT2D eigenvalue weighted by molar-refractivity contribution is 0.112. The highest BCUT2D eigenvalue weighted by molar-refractivity contribution is 5.75. The van der Waals surface area contributed by atoms with Crippen molar-refractivity contribution in [3.05, 3.63) is 58.8 Å². The maximum absolute atomic E-state index is 10.3. The molecule has 0 amide bonds. The van der Waals surface area contributed by atoms with E-state index in [1.807, 2.05) is 114 Å². The lowest BCUT2D eigenvalue weighted by Crippen LogP contribution is -2.12.